The van der Waals surface area contributed by atoms with Crippen LogP contribution in [-0.4, -0.2) is 54.0 Å². The summed E-state index contributed by atoms with van der Waals surface area (Å²) in [5.41, 5.74) is 3.31. The monoisotopic (exact) mass is 345 g/mol. The summed E-state index contributed by atoms with van der Waals surface area (Å²) in [4.78, 5) is 21.5. The van der Waals surface area contributed by atoms with Gasteiger partial charge in [-0.1, -0.05) is 6.92 Å². The molecule has 5 nitrogen and oxygen atoms in total. The highest BCUT2D eigenvalue weighted by molar-refractivity contribution is 5.81. The highest BCUT2D eigenvalue weighted by Gasteiger charge is 2.42. The lowest BCUT2D eigenvalue weighted by atomic mass is 10.0. The second-order valence-corrected chi connectivity index (χ2v) is 7.82. The number of hydrogen-bond donors (Lipinski definition) is 0. The van der Waals surface area contributed by atoms with Crippen LogP contribution in [0.5, 0.6) is 5.75 Å². The number of hydrogen-bond acceptors (Lipinski definition) is 4. The summed E-state index contributed by atoms with van der Waals surface area (Å²) < 4.78 is 5.51. The number of rotatable bonds is 5. The van der Waals surface area contributed by atoms with E-state index in [0.717, 1.165) is 61.5 Å². The first-order chi connectivity index (χ1) is 11.9. The first-order valence-corrected chi connectivity index (χ1v) is 9.40. The Hall–Kier alpha value is -1.62. The normalized spacial score (nSPS) is 24.2. The van der Waals surface area contributed by atoms with E-state index in [1.54, 1.807) is 7.11 Å². The number of nitrogens with zero attached hydrogens (tertiary/aromatic N) is 3. The predicted octanol–water partition coefficient (Wildman–Crippen LogP) is 2.79. The fraction of sp³-hybridized carbons (Fsp3) is 0.700. The van der Waals surface area contributed by atoms with Crippen molar-refractivity contribution in [3.63, 3.8) is 0 Å². The summed E-state index contributed by atoms with van der Waals surface area (Å²) in [5, 5.41) is 0. The minimum atomic E-state index is 0.287. The lowest BCUT2D eigenvalue weighted by molar-refractivity contribution is -0.134. The van der Waals surface area contributed by atoms with Gasteiger partial charge in [-0.15, -0.1) is 0 Å². The SMILES string of the molecule is COc1c(C)cnc(CN2CCC(N(C)C(=O)[C@@H]3C[C@H]3C)CC2)c1C. The van der Waals surface area contributed by atoms with E-state index in [2.05, 4.69) is 23.7 Å². The van der Waals surface area contributed by atoms with Crippen LogP contribution in [0, 0.1) is 25.7 Å². The van der Waals surface area contributed by atoms with Crippen molar-refractivity contribution in [2.75, 3.05) is 27.2 Å². The molecule has 1 aliphatic carbocycles. The molecule has 3 rings (SSSR count). The minimum Gasteiger partial charge on any atom is -0.496 e. The third-order valence-electron chi connectivity index (χ3n) is 6.00. The van der Waals surface area contributed by atoms with Crippen LogP contribution in [0.4, 0.5) is 0 Å². The van der Waals surface area contributed by atoms with E-state index < -0.39 is 0 Å². The Morgan fingerprint density at radius 1 is 1.36 bits per heavy atom. The van der Waals surface area contributed by atoms with E-state index in [9.17, 15) is 4.79 Å². The van der Waals surface area contributed by atoms with Crippen molar-refractivity contribution in [3.8, 4) is 5.75 Å². The molecule has 1 aromatic heterocycles. The third-order valence-corrected chi connectivity index (χ3v) is 6.00. The highest BCUT2D eigenvalue weighted by Crippen LogP contribution is 2.39. The Morgan fingerprint density at radius 2 is 2.00 bits per heavy atom. The smallest absolute Gasteiger partial charge is 0.225 e. The molecular weight excluding hydrogens is 314 g/mol. The molecule has 1 amide bonds. The lowest BCUT2D eigenvalue weighted by Crippen LogP contribution is -2.46. The highest BCUT2D eigenvalue weighted by atomic mass is 16.5. The molecule has 2 heterocycles. The third kappa shape index (κ3) is 3.81. The zero-order valence-corrected chi connectivity index (χ0v) is 16.2. The first-order valence-electron chi connectivity index (χ1n) is 9.40. The Balaban J connectivity index is 1.55. The quantitative estimate of drug-likeness (QED) is 0.823. The number of aromatic nitrogens is 1. The van der Waals surface area contributed by atoms with E-state index in [0.29, 0.717) is 17.9 Å². The zero-order valence-electron chi connectivity index (χ0n) is 16.2. The number of piperidine rings is 1. The maximum absolute atomic E-state index is 12.4. The molecule has 0 radical (unpaired) electrons. The van der Waals surface area contributed by atoms with Crippen LogP contribution in [0.25, 0.3) is 0 Å². The summed E-state index contributed by atoms with van der Waals surface area (Å²) in [6.45, 7) is 9.17. The Kier molecular flexibility index (Phi) is 5.32. The molecule has 0 aromatic carbocycles. The van der Waals surface area contributed by atoms with Gasteiger partial charge < -0.3 is 9.64 Å². The van der Waals surface area contributed by atoms with Crippen LogP contribution in [0.15, 0.2) is 6.20 Å². The number of amides is 1. The van der Waals surface area contributed by atoms with Gasteiger partial charge in [0.25, 0.3) is 0 Å². The van der Waals surface area contributed by atoms with Crippen LogP contribution < -0.4 is 4.74 Å². The van der Waals surface area contributed by atoms with E-state index >= 15 is 0 Å². The molecular formula is C20H31N3O2. The van der Waals surface area contributed by atoms with Gasteiger partial charge in [0.1, 0.15) is 5.75 Å². The first kappa shape index (κ1) is 18.2. The maximum Gasteiger partial charge on any atom is 0.225 e. The van der Waals surface area contributed by atoms with Crippen molar-refractivity contribution in [2.45, 2.75) is 52.6 Å². The number of likely N-dealkylation sites (tertiary alicyclic amines) is 1. The Labute approximate surface area is 151 Å². The Morgan fingerprint density at radius 3 is 2.56 bits per heavy atom. The summed E-state index contributed by atoms with van der Waals surface area (Å²) >= 11 is 0. The topological polar surface area (TPSA) is 45.7 Å². The summed E-state index contributed by atoms with van der Waals surface area (Å²) in [5.74, 6) is 2.17. The van der Waals surface area contributed by atoms with Crippen molar-refractivity contribution in [2.24, 2.45) is 11.8 Å². The number of ether oxygens (including phenoxy) is 1. The van der Waals surface area contributed by atoms with Crippen molar-refractivity contribution >= 4 is 5.91 Å². The van der Waals surface area contributed by atoms with Crippen molar-refractivity contribution in [3.05, 3.63) is 23.0 Å². The van der Waals surface area contributed by atoms with Gasteiger partial charge in [0, 0.05) is 56.0 Å². The largest absolute Gasteiger partial charge is 0.496 e. The molecule has 0 N–H and O–H groups in total. The fourth-order valence-electron chi connectivity index (χ4n) is 4.01. The second-order valence-electron chi connectivity index (χ2n) is 7.82. The number of carbonyl (C=O) groups is 1. The van der Waals surface area contributed by atoms with Gasteiger partial charge in [0.05, 0.1) is 12.8 Å². The predicted molar refractivity (Wildman–Crippen MR) is 98.6 cm³/mol. The maximum atomic E-state index is 12.4. The molecule has 1 aromatic rings. The van der Waals surface area contributed by atoms with E-state index in [1.807, 2.05) is 25.1 Å². The number of pyridine rings is 1. The van der Waals surface area contributed by atoms with Crippen molar-refractivity contribution in [1.82, 2.24) is 14.8 Å². The molecule has 1 saturated carbocycles. The van der Waals surface area contributed by atoms with Crippen molar-refractivity contribution < 1.29 is 9.53 Å². The van der Waals surface area contributed by atoms with E-state index in [1.165, 1.54) is 0 Å². The van der Waals surface area contributed by atoms with Crippen LogP contribution in [0.2, 0.25) is 0 Å². The molecule has 1 saturated heterocycles. The van der Waals surface area contributed by atoms with Gasteiger partial charge in [0.15, 0.2) is 0 Å². The minimum absolute atomic E-state index is 0.287. The number of methoxy groups -OCH3 is 1. The fourth-order valence-corrected chi connectivity index (χ4v) is 4.01. The van der Waals surface area contributed by atoms with Crippen LogP contribution in [0.3, 0.4) is 0 Å². The zero-order chi connectivity index (χ0) is 18.1. The van der Waals surface area contributed by atoms with Crippen LogP contribution in [-0.2, 0) is 11.3 Å². The summed E-state index contributed by atoms with van der Waals surface area (Å²) in [6, 6.07) is 0.387. The lowest BCUT2D eigenvalue weighted by Gasteiger charge is -2.37. The van der Waals surface area contributed by atoms with Crippen molar-refractivity contribution in [1.29, 1.82) is 0 Å². The molecule has 2 atom stereocenters. The summed E-state index contributed by atoms with van der Waals surface area (Å²) in [7, 11) is 3.71. The average Bonchev–Trinajstić information content (AvgIpc) is 3.34. The molecule has 2 fully saturated rings. The van der Waals surface area contributed by atoms with Crippen LogP contribution >= 0.6 is 0 Å². The molecule has 0 unspecified atom stereocenters. The molecule has 5 heteroatoms. The molecule has 2 aliphatic rings. The van der Waals surface area contributed by atoms with Gasteiger partial charge in [-0.05, 0) is 39.0 Å². The molecule has 0 bridgehead atoms. The second kappa shape index (κ2) is 7.32. The van der Waals surface area contributed by atoms with Gasteiger partial charge >= 0.3 is 0 Å². The number of aryl methyl sites for hydroxylation is 1. The molecule has 0 spiro atoms. The van der Waals surface area contributed by atoms with Crippen LogP contribution in [0.1, 0.15) is 43.0 Å². The average molecular weight is 345 g/mol. The van der Waals surface area contributed by atoms with Gasteiger partial charge in [-0.25, -0.2) is 0 Å². The number of carbonyl (C=O) groups excluding carboxylic acids is 1. The van der Waals surface area contributed by atoms with Gasteiger partial charge in [0.2, 0.25) is 5.91 Å². The summed E-state index contributed by atoms with van der Waals surface area (Å²) in [6.07, 6.45) is 5.07. The molecule has 138 valence electrons. The van der Waals surface area contributed by atoms with Gasteiger partial charge in [-0.2, -0.15) is 0 Å². The molecule has 1 aliphatic heterocycles. The van der Waals surface area contributed by atoms with Gasteiger partial charge in [-0.3, -0.25) is 14.7 Å². The standard InChI is InChI=1S/C20H31N3O2/c1-13-10-17(13)20(24)22(4)16-6-8-23(9-7-16)12-18-15(3)19(25-5)14(2)11-21-18/h11,13,16-17H,6-10,12H2,1-5H3/t13-,17-/m1/s1. The Bertz CT molecular complexity index is 638. The molecule has 25 heavy (non-hydrogen) atoms. The van der Waals surface area contributed by atoms with E-state index in [-0.39, 0.29) is 5.92 Å². The van der Waals surface area contributed by atoms with E-state index in [4.69, 9.17) is 4.74 Å².